The van der Waals surface area contributed by atoms with Gasteiger partial charge < -0.3 is 4.74 Å². The first-order valence-corrected chi connectivity index (χ1v) is 4.90. The summed E-state index contributed by atoms with van der Waals surface area (Å²) >= 11 is 0. The van der Waals surface area contributed by atoms with Gasteiger partial charge in [-0.05, 0) is 33.6 Å². The summed E-state index contributed by atoms with van der Waals surface area (Å²) in [7, 11) is 0. The van der Waals surface area contributed by atoms with E-state index in [1.165, 1.54) is 6.08 Å². The standard InChI is InChI=1S/C11H18F2O2/c1-5-6-7-8(12)9(13)10(14)15-11(2,3)4/h5,8-9H,1,6-7H2,2-4H3. The van der Waals surface area contributed by atoms with Gasteiger partial charge in [-0.3, -0.25) is 0 Å². The zero-order valence-corrected chi connectivity index (χ0v) is 9.43. The molecule has 4 heteroatoms. The molecule has 0 heterocycles. The quantitative estimate of drug-likeness (QED) is 0.526. The molecule has 0 N–H and O–H groups in total. The molecule has 0 fully saturated rings. The van der Waals surface area contributed by atoms with Crippen LogP contribution in [0.25, 0.3) is 0 Å². The molecular formula is C11H18F2O2. The Hall–Kier alpha value is -0.930. The second-order valence-corrected chi connectivity index (χ2v) is 4.32. The van der Waals surface area contributed by atoms with Crippen LogP contribution in [0.3, 0.4) is 0 Å². The number of rotatable bonds is 5. The molecule has 15 heavy (non-hydrogen) atoms. The van der Waals surface area contributed by atoms with Gasteiger partial charge in [0.15, 0.2) is 0 Å². The van der Waals surface area contributed by atoms with Crippen LogP contribution in [0.1, 0.15) is 33.6 Å². The van der Waals surface area contributed by atoms with Crippen molar-refractivity contribution in [2.45, 2.75) is 51.6 Å². The average molecular weight is 220 g/mol. The van der Waals surface area contributed by atoms with Crippen LogP contribution in [0, 0.1) is 0 Å². The molecule has 0 aliphatic rings. The van der Waals surface area contributed by atoms with Gasteiger partial charge in [-0.2, -0.15) is 0 Å². The fraction of sp³-hybridized carbons (Fsp3) is 0.727. The Bertz CT molecular complexity index is 221. The number of hydrogen-bond acceptors (Lipinski definition) is 2. The van der Waals surface area contributed by atoms with E-state index in [9.17, 15) is 13.6 Å². The Morgan fingerprint density at radius 1 is 1.47 bits per heavy atom. The van der Waals surface area contributed by atoms with Crippen molar-refractivity contribution in [3.8, 4) is 0 Å². The monoisotopic (exact) mass is 220 g/mol. The topological polar surface area (TPSA) is 26.3 Å². The van der Waals surface area contributed by atoms with E-state index in [0.29, 0.717) is 6.42 Å². The van der Waals surface area contributed by atoms with Crippen molar-refractivity contribution in [3.05, 3.63) is 12.7 Å². The lowest BCUT2D eigenvalue weighted by molar-refractivity contribution is -0.163. The summed E-state index contributed by atoms with van der Waals surface area (Å²) < 4.78 is 31.0. The highest BCUT2D eigenvalue weighted by Gasteiger charge is 2.31. The summed E-state index contributed by atoms with van der Waals surface area (Å²) in [6, 6.07) is 0. The first-order chi connectivity index (χ1) is 6.78. The zero-order chi connectivity index (χ0) is 12.1. The summed E-state index contributed by atoms with van der Waals surface area (Å²) in [4.78, 5) is 11.1. The summed E-state index contributed by atoms with van der Waals surface area (Å²) in [5.41, 5.74) is -0.792. The lowest BCUT2D eigenvalue weighted by atomic mass is 10.1. The zero-order valence-electron chi connectivity index (χ0n) is 9.43. The minimum absolute atomic E-state index is 0.0517. The molecule has 0 saturated carbocycles. The third kappa shape index (κ3) is 6.20. The fourth-order valence-corrected chi connectivity index (χ4v) is 0.929. The number of hydrogen-bond donors (Lipinski definition) is 0. The van der Waals surface area contributed by atoms with Gasteiger partial charge in [0.25, 0.3) is 0 Å². The molecule has 0 aromatic heterocycles. The number of allylic oxidation sites excluding steroid dienone is 1. The summed E-state index contributed by atoms with van der Waals surface area (Å²) in [6.07, 6.45) is -2.26. The second kappa shape index (κ2) is 5.83. The normalized spacial score (nSPS) is 15.5. The van der Waals surface area contributed by atoms with Crippen LogP contribution in [-0.2, 0) is 9.53 Å². The summed E-state index contributed by atoms with van der Waals surface area (Å²) in [5.74, 6) is -1.14. The molecule has 2 atom stereocenters. The Morgan fingerprint density at radius 2 is 2.00 bits per heavy atom. The van der Waals surface area contributed by atoms with Gasteiger partial charge in [0.2, 0.25) is 6.17 Å². The molecule has 0 saturated heterocycles. The van der Waals surface area contributed by atoms with Crippen LogP contribution in [0.4, 0.5) is 8.78 Å². The molecule has 88 valence electrons. The molecule has 0 radical (unpaired) electrons. The average Bonchev–Trinajstić information content (AvgIpc) is 2.10. The number of carbonyl (C=O) groups is 1. The van der Waals surface area contributed by atoms with Crippen molar-refractivity contribution in [2.24, 2.45) is 0 Å². The van der Waals surface area contributed by atoms with Gasteiger partial charge in [-0.25, -0.2) is 13.6 Å². The lowest BCUT2D eigenvalue weighted by Gasteiger charge is -2.21. The Morgan fingerprint density at radius 3 is 2.40 bits per heavy atom. The smallest absolute Gasteiger partial charge is 0.344 e. The Labute approximate surface area is 89.3 Å². The SMILES string of the molecule is C=CCCC(F)C(F)C(=O)OC(C)(C)C. The Balaban J connectivity index is 4.13. The molecule has 0 bridgehead atoms. The van der Waals surface area contributed by atoms with Crippen molar-refractivity contribution in [2.75, 3.05) is 0 Å². The molecule has 2 nitrogen and oxygen atoms in total. The minimum atomic E-state index is -2.20. The van der Waals surface area contributed by atoms with Crippen LogP contribution >= 0.6 is 0 Å². The van der Waals surface area contributed by atoms with Crippen LogP contribution < -0.4 is 0 Å². The summed E-state index contributed by atoms with van der Waals surface area (Å²) in [6.45, 7) is 8.21. The second-order valence-electron chi connectivity index (χ2n) is 4.32. The van der Waals surface area contributed by atoms with Gasteiger partial charge in [0.05, 0.1) is 0 Å². The number of esters is 1. The predicted molar refractivity (Wildman–Crippen MR) is 55.1 cm³/mol. The van der Waals surface area contributed by atoms with Gasteiger partial charge in [-0.15, -0.1) is 6.58 Å². The van der Waals surface area contributed by atoms with E-state index in [1.807, 2.05) is 0 Å². The molecule has 0 aliphatic carbocycles. The van der Waals surface area contributed by atoms with Gasteiger partial charge in [0, 0.05) is 0 Å². The van der Waals surface area contributed by atoms with Crippen LogP contribution in [0.15, 0.2) is 12.7 Å². The Kier molecular flexibility index (Phi) is 5.47. The molecule has 2 unspecified atom stereocenters. The molecule has 0 amide bonds. The maximum Gasteiger partial charge on any atom is 0.344 e. The van der Waals surface area contributed by atoms with E-state index in [1.54, 1.807) is 20.8 Å². The van der Waals surface area contributed by atoms with E-state index < -0.39 is 23.9 Å². The summed E-state index contributed by atoms with van der Waals surface area (Å²) in [5, 5.41) is 0. The number of halogens is 2. The van der Waals surface area contributed by atoms with Gasteiger partial charge in [-0.1, -0.05) is 6.08 Å². The van der Waals surface area contributed by atoms with E-state index in [2.05, 4.69) is 6.58 Å². The van der Waals surface area contributed by atoms with E-state index >= 15 is 0 Å². The maximum absolute atomic E-state index is 13.2. The number of ether oxygens (including phenoxy) is 1. The number of carbonyl (C=O) groups excluding carboxylic acids is 1. The van der Waals surface area contributed by atoms with E-state index in [0.717, 1.165) is 0 Å². The molecule has 0 spiro atoms. The highest BCUT2D eigenvalue weighted by atomic mass is 19.2. The predicted octanol–water partition coefficient (Wildman–Crippen LogP) is 2.97. The van der Waals surface area contributed by atoms with Crippen LogP contribution in [0.5, 0.6) is 0 Å². The van der Waals surface area contributed by atoms with Crippen molar-refractivity contribution in [3.63, 3.8) is 0 Å². The molecule has 0 aromatic rings. The van der Waals surface area contributed by atoms with Crippen molar-refractivity contribution in [1.82, 2.24) is 0 Å². The third-order valence-corrected chi connectivity index (χ3v) is 1.60. The first kappa shape index (κ1) is 14.1. The van der Waals surface area contributed by atoms with E-state index in [-0.39, 0.29) is 6.42 Å². The molecule has 0 aromatic carbocycles. The minimum Gasteiger partial charge on any atom is -0.458 e. The van der Waals surface area contributed by atoms with Gasteiger partial charge >= 0.3 is 5.97 Å². The lowest BCUT2D eigenvalue weighted by Crippen LogP contribution is -2.34. The highest BCUT2D eigenvalue weighted by molar-refractivity contribution is 5.75. The first-order valence-electron chi connectivity index (χ1n) is 4.90. The van der Waals surface area contributed by atoms with E-state index in [4.69, 9.17) is 4.74 Å². The maximum atomic E-state index is 13.2. The van der Waals surface area contributed by atoms with Crippen molar-refractivity contribution in [1.29, 1.82) is 0 Å². The molecular weight excluding hydrogens is 202 g/mol. The van der Waals surface area contributed by atoms with Crippen molar-refractivity contribution < 1.29 is 18.3 Å². The van der Waals surface area contributed by atoms with Gasteiger partial charge in [0.1, 0.15) is 11.8 Å². The van der Waals surface area contributed by atoms with Crippen molar-refractivity contribution >= 4 is 5.97 Å². The fourth-order valence-electron chi connectivity index (χ4n) is 0.929. The number of alkyl halides is 2. The third-order valence-electron chi connectivity index (χ3n) is 1.60. The molecule has 0 rings (SSSR count). The van der Waals surface area contributed by atoms with Crippen LogP contribution in [0.2, 0.25) is 0 Å². The largest absolute Gasteiger partial charge is 0.458 e. The molecule has 0 aliphatic heterocycles. The van der Waals surface area contributed by atoms with Crippen LogP contribution in [-0.4, -0.2) is 23.9 Å². The highest BCUT2D eigenvalue weighted by Crippen LogP contribution is 2.16.